The van der Waals surface area contributed by atoms with E-state index in [0.717, 1.165) is 5.92 Å². The number of hydrogen-bond donors (Lipinski definition) is 0. The third-order valence-electron chi connectivity index (χ3n) is 5.31. The number of allylic oxidation sites excluding steroid dienone is 2. The van der Waals surface area contributed by atoms with Crippen LogP contribution in [-0.4, -0.2) is 0 Å². The van der Waals surface area contributed by atoms with Gasteiger partial charge in [0.2, 0.25) is 0 Å². The third-order valence-corrected chi connectivity index (χ3v) is 5.31. The molecular formula is C19H38. The topological polar surface area (TPSA) is 0 Å². The maximum Gasteiger partial charge on any atom is -0.00979 e. The first-order valence-corrected chi connectivity index (χ1v) is 8.17. The van der Waals surface area contributed by atoms with Crippen molar-refractivity contribution in [1.82, 2.24) is 0 Å². The zero-order valence-corrected chi connectivity index (χ0v) is 15.1. The minimum Gasteiger partial charge on any atom is -0.0874 e. The van der Waals surface area contributed by atoms with Crippen LogP contribution >= 0.6 is 0 Å². The molecule has 0 spiro atoms. The molecule has 0 bridgehead atoms. The van der Waals surface area contributed by atoms with Gasteiger partial charge >= 0.3 is 0 Å². The molecule has 0 aliphatic rings. The maximum atomic E-state index is 2.51. The zero-order chi connectivity index (χ0) is 15.3. The Kier molecular flexibility index (Phi) is 6.86. The van der Waals surface area contributed by atoms with Gasteiger partial charge in [-0.3, -0.25) is 0 Å². The van der Waals surface area contributed by atoms with Gasteiger partial charge in [-0.2, -0.15) is 0 Å². The molecule has 0 heterocycles. The van der Waals surface area contributed by atoms with Crippen LogP contribution in [0.3, 0.4) is 0 Å². The Morgan fingerprint density at radius 1 is 0.895 bits per heavy atom. The van der Waals surface area contributed by atoms with Gasteiger partial charge < -0.3 is 0 Å². The van der Waals surface area contributed by atoms with Gasteiger partial charge in [-0.1, -0.05) is 80.9 Å². The summed E-state index contributed by atoms with van der Waals surface area (Å²) in [6.07, 6.45) is 9.89. The van der Waals surface area contributed by atoms with E-state index in [1.165, 1.54) is 25.7 Å². The molecular weight excluding hydrogens is 228 g/mol. The van der Waals surface area contributed by atoms with Crippen molar-refractivity contribution in [2.75, 3.05) is 0 Å². The minimum absolute atomic E-state index is 0.307. The lowest BCUT2D eigenvalue weighted by Crippen LogP contribution is -2.34. The van der Waals surface area contributed by atoms with Crippen molar-refractivity contribution in [3.8, 4) is 0 Å². The molecule has 0 saturated heterocycles. The second-order valence-electron chi connectivity index (χ2n) is 8.38. The molecule has 0 aromatic carbocycles. The molecule has 0 fully saturated rings. The molecule has 0 saturated carbocycles. The summed E-state index contributed by atoms with van der Waals surface area (Å²) < 4.78 is 0. The first-order chi connectivity index (χ1) is 8.49. The molecule has 1 atom stereocenters. The monoisotopic (exact) mass is 266 g/mol. The Bertz CT molecular complexity index is 280. The van der Waals surface area contributed by atoms with Crippen LogP contribution in [-0.2, 0) is 0 Å². The predicted molar refractivity (Wildman–Crippen MR) is 89.5 cm³/mol. The fourth-order valence-electron chi connectivity index (χ4n) is 2.86. The number of hydrogen-bond acceptors (Lipinski definition) is 0. The number of rotatable bonds is 8. The first-order valence-electron chi connectivity index (χ1n) is 8.17. The van der Waals surface area contributed by atoms with Crippen LogP contribution in [0.5, 0.6) is 0 Å². The highest BCUT2D eigenvalue weighted by Gasteiger charge is 2.37. The van der Waals surface area contributed by atoms with Gasteiger partial charge in [0.05, 0.1) is 0 Å². The van der Waals surface area contributed by atoms with Gasteiger partial charge in [0.1, 0.15) is 0 Å². The first kappa shape index (κ1) is 18.7. The summed E-state index contributed by atoms with van der Waals surface area (Å²) in [6, 6.07) is 0. The van der Waals surface area contributed by atoms with E-state index in [1.54, 1.807) is 0 Å². The molecule has 0 aliphatic heterocycles. The van der Waals surface area contributed by atoms with Crippen LogP contribution in [0.1, 0.15) is 88.0 Å². The van der Waals surface area contributed by atoms with Crippen molar-refractivity contribution >= 4 is 0 Å². The third kappa shape index (κ3) is 5.71. The largest absolute Gasteiger partial charge is 0.0874 e. The minimum atomic E-state index is 0.307. The molecule has 0 aromatic rings. The molecule has 114 valence electrons. The summed E-state index contributed by atoms with van der Waals surface area (Å²) in [5.41, 5.74) is 1.11. The lowest BCUT2D eigenvalue weighted by Gasteiger charge is -2.43. The van der Waals surface area contributed by atoms with Crippen molar-refractivity contribution in [3.05, 3.63) is 12.2 Å². The molecule has 0 radical (unpaired) electrons. The van der Waals surface area contributed by atoms with Gasteiger partial charge in [0, 0.05) is 0 Å². The summed E-state index contributed by atoms with van der Waals surface area (Å²) in [5, 5.41) is 0. The summed E-state index contributed by atoms with van der Waals surface area (Å²) >= 11 is 0. The van der Waals surface area contributed by atoms with Crippen molar-refractivity contribution in [2.24, 2.45) is 22.2 Å². The van der Waals surface area contributed by atoms with E-state index < -0.39 is 0 Å². The maximum absolute atomic E-state index is 2.51. The van der Waals surface area contributed by atoms with E-state index in [4.69, 9.17) is 0 Å². The summed E-state index contributed by atoms with van der Waals surface area (Å²) in [4.78, 5) is 0. The molecule has 19 heavy (non-hydrogen) atoms. The lowest BCUT2D eigenvalue weighted by atomic mass is 9.61. The van der Waals surface area contributed by atoms with Crippen LogP contribution in [0.15, 0.2) is 12.2 Å². The van der Waals surface area contributed by atoms with Crippen LogP contribution in [0.4, 0.5) is 0 Å². The Hall–Kier alpha value is -0.260. The van der Waals surface area contributed by atoms with Gasteiger partial charge in [-0.25, -0.2) is 0 Å². The van der Waals surface area contributed by atoms with Gasteiger partial charge in [0.15, 0.2) is 0 Å². The summed E-state index contributed by atoms with van der Waals surface area (Å²) in [6.45, 7) is 21.3. The van der Waals surface area contributed by atoms with E-state index in [-0.39, 0.29) is 0 Å². The lowest BCUT2D eigenvalue weighted by molar-refractivity contribution is 0.107. The Morgan fingerprint density at radius 3 is 1.79 bits per heavy atom. The van der Waals surface area contributed by atoms with E-state index in [9.17, 15) is 0 Å². The van der Waals surface area contributed by atoms with E-state index in [0.29, 0.717) is 16.2 Å². The molecule has 0 aliphatic carbocycles. The molecule has 0 amide bonds. The highest BCUT2D eigenvalue weighted by Crippen LogP contribution is 2.47. The van der Waals surface area contributed by atoms with Crippen molar-refractivity contribution < 1.29 is 0 Å². The van der Waals surface area contributed by atoms with E-state index in [1.807, 2.05) is 0 Å². The molecule has 0 rings (SSSR count). The van der Waals surface area contributed by atoms with Crippen LogP contribution in [0, 0.1) is 22.2 Å². The smallest absolute Gasteiger partial charge is 0.00979 e. The van der Waals surface area contributed by atoms with E-state index in [2.05, 4.69) is 74.5 Å². The standard InChI is InChI=1S/C19H38/c1-10-17(5,6)13-12-14-19(9,11-2)18(7,8)15-16(3)4/h12,14,16H,10-11,13,15H2,1-9H3. The Labute approximate surface area is 123 Å². The van der Waals surface area contributed by atoms with Crippen LogP contribution in [0.25, 0.3) is 0 Å². The second kappa shape index (κ2) is 6.95. The molecule has 0 aromatic heterocycles. The van der Waals surface area contributed by atoms with Crippen molar-refractivity contribution in [3.63, 3.8) is 0 Å². The van der Waals surface area contributed by atoms with Gasteiger partial charge in [-0.15, -0.1) is 0 Å². The fourth-order valence-corrected chi connectivity index (χ4v) is 2.86. The molecule has 0 nitrogen and oxygen atoms in total. The zero-order valence-electron chi connectivity index (χ0n) is 15.1. The van der Waals surface area contributed by atoms with Gasteiger partial charge in [-0.05, 0) is 41.4 Å². The van der Waals surface area contributed by atoms with Crippen molar-refractivity contribution in [2.45, 2.75) is 88.0 Å². The highest BCUT2D eigenvalue weighted by atomic mass is 14.4. The average Bonchev–Trinajstić information content (AvgIpc) is 2.26. The quantitative estimate of drug-likeness (QED) is 0.421. The molecule has 1 unspecified atom stereocenters. The summed E-state index contributed by atoms with van der Waals surface area (Å²) in [5.74, 6) is 0.765. The average molecular weight is 267 g/mol. The second-order valence-corrected chi connectivity index (χ2v) is 8.38. The van der Waals surface area contributed by atoms with Crippen molar-refractivity contribution in [1.29, 1.82) is 0 Å². The van der Waals surface area contributed by atoms with Crippen LogP contribution in [0.2, 0.25) is 0 Å². The normalized spacial score (nSPS) is 17.2. The molecule has 0 heteroatoms. The van der Waals surface area contributed by atoms with Gasteiger partial charge in [0.25, 0.3) is 0 Å². The Balaban J connectivity index is 4.92. The highest BCUT2D eigenvalue weighted by molar-refractivity contribution is 5.05. The van der Waals surface area contributed by atoms with Crippen LogP contribution < -0.4 is 0 Å². The van der Waals surface area contributed by atoms with E-state index >= 15 is 0 Å². The Morgan fingerprint density at radius 2 is 1.42 bits per heavy atom. The summed E-state index contributed by atoms with van der Waals surface area (Å²) in [7, 11) is 0. The SMILES string of the molecule is CCC(C)(C)CC=CC(C)(CC)C(C)(C)CC(C)C. The predicted octanol–water partition coefficient (Wildman–Crippen LogP) is 6.86. The fraction of sp³-hybridized carbons (Fsp3) is 0.895. The molecule has 0 N–H and O–H groups in total.